The highest BCUT2D eigenvalue weighted by Crippen LogP contribution is 2.20. The van der Waals surface area contributed by atoms with Crippen LogP contribution in [0.4, 0.5) is 4.39 Å². The number of benzene rings is 3. The number of halogens is 1. The second-order valence-electron chi connectivity index (χ2n) is 6.08. The summed E-state index contributed by atoms with van der Waals surface area (Å²) < 4.78 is 18.9. The lowest BCUT2D eigenvalue weighted by Gasteiger charge is -2.15. The van der Waals surface area contributed by atoms with Crippen molar-refractivity contribution in [3.63, 3.8) is 0 Å². The number of ether oxygens (including phenoxy) is 1. The van der Waals surface area contributed by atoms with E-state index in [4.69, 9.17) is 4.74 Å². The molecule has 0 unspecified atom stereocenters. The summed E-state index contributed by atoms with van der Waals surface area (Å²) in [6.07, 6.45) is -0.687. The maximum atomic E-state index is 13.0. The van der Waals surface area contributed by atoms with Gasteiger partial charge in [0, 0.05) is 18.7 Å². The van der Waals surface area contributed by atoms with Crippen LogP contribution in [0, 0.1) is 5.82 Å². The summed E-state index contributed by atoms with van der Waals surface area (Å²) in [5.74, 6) is 0.513. The zero-order valence-corrected chi connectivity index (χ0v) is 14.4. The first kappa shape index (κ1) is 18.1. The van der Waals surface area contributed by atoms with Gasteiger partial charge in [-0.3, -0.25) is 0 Å². The molecule has 0 fully saturated rings. The van der Waals surface area contributed by atoms with E-state index in [9.17, 15) is 9.50 Å². The molecule has 0 heterocycles. The normalized spacial score (nSPS) is 11.9. The van der Waals surface area contributed by atoms with Crippen molar-refractivity contribution < 1.29 is 14.2 Å². The molecular weight excluding hydrogens is 329 g/mol. The average Bonchev–Trinajstić information content (AvgIpc) is 2.68. The molecule has 0 aromatic heterocycles. The Morgan fingerprint density at radius 1 is 0.885 bits per heavy atom. The van der Waals surface area contributed by atoms with Gasteiger partial charge >= 0.3 is 0 Å². The molecule has 1 atom stereocenters. The van der Waals surface area contributed by atoms with Crippen LogP contribution in [0.5, 0.6) is 5.75 Å². The Labute approximate surface area is 153 Å². The fraction of sp³-hybridized carbons (Fsp3) is 0.182. The van der Waals surface area contributed by atoms with Gasteiger partial charge in [0.05, 0.1) is 6.10 Å². The molecule has 0 aliphatic rings. The number of hydrogen-bond donors (Lipinski definition) is 2. The molecule has 0 saturated carbocycles. The molecule has 134 valence electrons. The number of hydrogen-bond acceptors (Lipinski definition) is 3. The van der Waals surface area contributed by atoms with Gasteiger partial charge in [-0.15, -0.1) is 0 Å². The Morgan fingerprint density at radius 2 is 1.58 bits per heavy atom. The minimum Gasteiger partial charge on any atom is -0.489 e. The summed E-state index contributed by atoms with van der Waals surface area (Å²) in [5.41, 5.74) is 2.82. The standard InChI is InChI=1S/C22H22FNO2/c23-20-12-10-18(11-13-20)21(25)15-24-14-19-8-4-5-9-22(19)26-16-17-6-2-1-3-7-17/h1-13,21,24-25H,14-16H2/t21-/m1/s1. The minimum atomic E-state index is -0.687. The number of nitrogens with one attached hydrogen (secondary N) is 1. The summed E-state index contributed by atoms with van der Waals surface area (Å²) in [7, 11) is 0. The molecular formula is C22H22FNO2. The maximum Gasteiger partial charge on any atom is 0.124 e. The quantitative estimate of drug-likeness (QED) is 0.638. The molecule has 0 saturated heterocycles. The van der Waals surface area contributed by atoms with Crippen molar-refractivity contribution in [3.05, 3.63) is 101 Å². The lowest BCUT2D eigenvalue weighted by molar-refractivity contribution is 0.174. The molecule has 0 bridgehead atoms. The highest BCUT2D eigenvalue weighted by atomic mass is 19.1. The average molecular weight is 351 g/mol. The minimum absolute atomic E-state index is 0.307. The van der Waals surface area contributed by atoms with E-state index in [0.29, 0.717) is 25.3 Å². The Hall–Kier alpha value is -2.69. The van der Waals surface area contributed by atoms with Crippen molar-refractivity contribution >= 4 is 0 Å². The van der Waals surface area contributed by atoms with E-state index in [1.807, 2.05) is 54.6 Å². The van der Waals surface area contributed by atoms with Gasteiger partial charge in [0.25, 0.3) is 0 Å². The molecule has 3 aromatic rings. The molecule has 3 nitrogen and oxygen atoms in total. The molecule has 4 heteroatoms. The monoisotopic (exact) mass is 351 g/mol. The van der Waals surface area contributed by atoms with Crippen LogP contribution in [0.25, 0.3) is 0 Å². The van der Waals surface area contributed by atoms with E-state index in [-0.39, 0.29) is 5.82 Å². The first-order valence-electron chi connectivity index (χ1n) is 8.61. The van der Waals surface area contributed by atoms with Crippen LogP contribution in [0.3, 0.4) is 0 Å². The van der Waals surface area contributed by atoms with Crippen LogP contribution >= 0.6 is 0 Å². The lowest BCUT2D eigenvalue weighted by Crippen LogP contribution is -2.21. The highest BCUT2D eigenvalue weighted by molar-refractivity contribution is 5.33. The number of aliphatic hydroxyl groups is 1. The van der Waals surface area contributed by atoms with Crippen LogP contribution in [-0.2, 0) is 13.2 Å². The van der Waals surface area contributed by atoms with Gasteiger partial charge in [0.2, 0.25) is 0 Å². The topological polar surface area (TPSA) is 41.5 Å². The van der Waals surface area contributed by atoms with E-state index >= 15 is 0 Å². The zero-order valence-electron chi connectivity index (χ0n) is 14.4. The summed E-state index contributed by atoms with van der Waals surface area (Å²) in [6.45, 7) is 1.46. The third-order valence-corrected chi connectivity index (χ3v) is 4.12. The fourth-order valence-corrected chi connectivity index (χ4v) is 2.67. The van der Waals surface area contributed by atoms with Crippen LogP contribution in [0.15, 0.2) is 78.9 Å². The maximum absolute atomic E-state index is 13.0. The fourth-order valence-electron chi connectivity index (χ4n) is 2.67. The molecule has 0 aliphatic carbocycles. The van der Waals surface area contributed by atoms with Crippen LogP contribution < -0.4 is 10.1 Å². The largest absolute Gasteiger partial charge is 0.489 e. The summed E-state index contributed by atoms with van der Waals surface area (Å²) in [6, 6.07) is 23.8. The lowest BCUT2D eigenvalue weighted by atomic mass is 10.1. The van der Waals surface area contributed by atoms with Crippen molar-refractivity contribution in [2.45, 2.75) is 19.3 Å². The van der Waals surface area contributed by atoms with Gasteiger partial charge in [-0.05, 0) is 29.3 Å². The van der Waals surface area contributed by atoms with Crippen molar-refractivity contribution in [2.75, 3.05) is 6.54 Å². The second-order valence-corrected chi connectivity index (χ2v) is 6.08. The molecule has 3 rings (SSSR count). The van der Waals surface area contributed by atoms with Gasteiger partial charge in [0.15, 0.2) is 0 Å². The summed E-state index contributed by atoms with van der Waals surface area (Å²) in [4.78, 5) is 0. The Bertz CT molecular complexity index is 806. The molecule has 0 amide bonds. The van der Waals surface area contributed by atoms with Crippen LogP contribution in [-0.4, -0.2) is 11.7 Å². The molecule has 3 aromatic carbocycles. The van der Waals surface area contributed by atoms with E-state index < -0.39 is 6.10 Å². The highest BCUT2D eigenvalue weighted by Gasteiger charge is 2.08. The predicted molar refractivity (Wildman–Crippen MR) is 100 cm³/mol. The van der Waals surface area contributed by atoms with Gasteiger partial charge in [0.1, 0.15) is 18.2 Å². The molecule has 0 radical (unpaired) electrons. The van der Waals surface area contributed by atoms with Gasteiger partial charge in [-0.25, -0.2) is 4.39 Å². The van der Waals surface area contributed by atoms with Crippen LogP contribution in [0.2, 0.25) is 0 Å². The molecule has 26 heavy (non-hydrogen) atoms. The molecule has 2 N–H and O–H groups in total. The number of rotatable bonds is 8. The van der Waals surface area contributed by atoms with Crippen molar-refractivity contribution in [1.29, 1.82) is 0 Å². The van der Waals surface area contributed by atoms with E-state index in [2.05, 4.69) is 5.32 Å². The van der Waals surface area contributed by atoms with Crippen molar-refractivity contribution in [2.24, 2.45) is 0 Å². The second kappa shape index (κ2) is 9.13. The van der Waals surface area contributed by atoms with Gasteiger partial charge < -0.3 is 15.2 Å². The smallest absolute Gasteiger partial charge is 0.124 e. The van der Waals surface area contributed by atoms with Gasteiger partial charge in [-0.1, -0.05) is 60.7 Å². The Balaban J connectivity index is 1.54. The summed E-state index contributed by atoms with van der Waals surface area (Å²) >= 11 is 0. The predicted octanol–water partition coefficient (Wildman–Crippen LogP) is 4.23. The third kappa shape index (κ3) is 5.15. The van der Waals surface area contributed by atoms with E-state index in [1.54, 1.807) is 12.1 Å². The summed E-state index contributed by atoms with van der Waals surface area (Å²) in [5, 5.41) is 13.4. The van der Waals surface area contributed by atoms with Crippen molar-refractivity contribution in [1.82, 2.24) is 5.32 Å². The Kier molecular flexibility index (Phi) is 6.36. The third-order valence-electron chi connectivity index (χ3n) is 4.12. The Morgan fingerprint density at radius 3 is 2.35 bits per heavy atom. The SMILES string of the molecule is O[C@H](CNCc1ccccc1OCc1ccccc1)c1ccc(F)cc1. The van der Waals surface area contributed by atoms with E-state index in [0.717, 1.165) is 16.9 Å². The number of para-hydroxylation sites is 1. The number of aliphatic hydroxyl groups excluding tert-OH is 1. The van der Waals surface area contributed by atoms with Gasteiger partial charge in [-0.2, -0.15) is 0 Å². The zero-order chi connectivity index (χ0) is 18.2. The van der Waals surface area contributed by atoms with E-state index in [1.165, 1.54) is 12.1 Å². The van der Waals surface area contributed by atoms with Crippen molar-refractivity contribution in [3.8, 4) is 5.75 Å². The first-order valence-corrected chi connectivity index (χ1v) is 8.61. The first-order chi connectivity index (χ1) is 12.7. The molecule has 0 aliphatic heterocycles. The molecule has 0 spiro atoms. The van der Waals surface area contributed by atoms with Crippen LogP contribution in [0.1, 0.15) is 22.8 Å².